The van der Waals surface area contributed by atoms with E-state index < -0.39 is 28.3 Å². The molecule has 1 amide bonds. The van der Waals surface area contributed by atoms with Gasteiger partial charge in [0.2, 0.25) is 15.9 Å². The molecule has 0 unspecified atom stereocenters. The molecule has 2 N–H and O–H groups in total. The lowest BCUT2D eigenvalue weighted by molar-refractivity contribution is -0.118. The van der Waals surface area contributed by atoms with Crippen molar-refractivity contribution in [2.24, 2.45) is 5.73 Å². The van der Waals surface area contributed by atoms with Gasteiger partial charge in [0, 0.05) is 13.7 Å². The second-order valence-electron chi connectivity index (χ2n) is 4.21. The van der Waals surface area contributed by atoms with Crippen molar-refractivity contribution in [1.29, 1.82) is 0 Å². The second kappa shape index (κ2) is 6.78. The van der Waals surface area contributed by atoms with Crippen LogP contribution in [0.15, 0.2) is 23.1 Å². The number of carbonyl (C=O) groups excluding carboxylic acids is 1. The first kappa shape index (κ1) is 16.5. The van der Waals surface area contributed by atoms with Gasteiger partial charge in [0.1, 0.15) is 5.82 Å². The van der Waals surface area contributed by atoms with Crippen LogP contribution >= 0.6 is 0 Å². The zero-order valence-corrected chi connectivity index (χ0v) is 12.1. The number of nitrogens with two attached hydrogens (primary N) is 1. The molecule has 0 spiro atoms. The highest BCUT2D eigenvalue weighted by Gasteiger charge is 2.26. The van der Waals surface area contributed by atoms with E-state index in [-0.39, 0.29) is 18.0 Å². The minimum Gasteiger partial charge on any atom is -0.383 e. The van der Waals surface area contributed by atoms with E-state index in [0.29, 0.717) is 5.56 Å². The molecule has 0 fully saturated rings. The lowest BCUT2D eigenvalue weighted by Crippen LogP contribution is -2.40. The summed E-state index contributed by atoms with van der Waals surface area (Å²) in [7, 11) is -2.59. The highest BCUT2D eigenvalue weighted by atomic mass is 32.2. The number of hydrogen-bond acceptors (Lipinski definition) is 4. The van der Waals surface area contributed by atoms with E-state index in [1.807, 2.05) is 0 Å². The molecule has 0 saturated heterocycles. The van der Waals surface area contributed by atoms with Crippen molar-refractivity contribution in [3.8, 4) is 0 Å². The Labute approximate surface area is 117 Å². The van der Waals surface area contributed by atoms with Crippen molar-refractivity contribution in [3.05, 3.63) is 29.6 Å². The minimum atomic E-state index is -4.00. The molecule has 112 valence electrons. The number of aryl methyl sites for hydroxylation is 1. The summed E-state index contributed by atoms with van der Waals surface area (Å²) in [6, 6.07) is 3.57. The molecule has 1 aromatic rings. The summed E-state index contributed by atoms with van der Waals surface area (Å²) in [5.74, 6) is -1.42. The maximum absolute atomic E-state index is 13.5. The second-order valence-corrected chi connectivity index (χ2v) is 6.15. The molecule has 0 radical (unpaired) electrons. The number of rotatable bonds is 7. The molecule has 0 bridgehead atoms. The fraction of sp³-hybridized carbons (Fsp3) is 0.417. The smallest absolute Gasteiger partial charge is 0.243 e. The van der Waals surface area contributed by atoms with Crippen LogP contribution in [0.4, 0.5) is 4.39 Å². The van der Waals surface area contributed by atoms with Gasteiger partial charge in [-0.25, -0.2) is 12.8 Å². The van der Waals surface area contributed by atoms with E-state index in [0.717, 1.165) is 10.4 Å². The van der Waals surface area contributed by atoms with Gasteiger partial charge in [0.05, 0.1) is 18.0 Å². The highest BCUT2D eigenvalue weighted by Crippen LogP contribution is 2.18. The topological polar surface area (TPSA) is 89.7 Å². The van der Waals surface area contributed by atoms with Crippen LogP contribution in [0.25, 0.3) is 0 Å². The molecule has 8 heteroatoms. The number of sulfonamides is 1. The molecule has 0 aliphatic rings. The van der Waals surface area contributed by atoms with E-state index in [2.05, 4.69) is 0 Å². The summed E-state index contributed by atoms with van der Waals surface area (Å²) in [5, 5.41) is 0. The largest absolute Gasteiger partial charge is 0.383 e. The molecular weight excluding hydrogens is 287 g/mol. The Morgan fingerprint density at radius 3 is 2.60 bits per heavy atom. The standard InChI is InChI=1S/C12H17FN2O4S/c1-9-3-4-10(7-11(9)13)20(17,18)15(5-6-19-2)8-12(14)16/h3-4,7H,5-6,8H2,1-2H3,(H2,14,16). The quantitative estimate of drug-likeness (QED) is 0.782. The number of carbonyl (C=O) groups is 1. The Hall–Kier alpha value is -1.51. The zero-order chi connectivity index (χ0) is 15.3. The average molecular weight is 304 g/mol. The number of primary amides is 1. The summed E-state index contributed by atoms with van der Waals surface area (Å²) < 4.78 is 43.8. The molecule has 0 aliphatic carbocycles. The summed E-state index contributed by atoms with van der Waals surface area (Å²) in [5.41, 5.74) is 5.37. The SMILES string of the molecule is COCCN(CC(N)=O)S(=O)(=O)c1ccc(C)c(F)c1. The highest BCUT2D eigenvalue weighted by molar-refractivity contribution is 7.89. The van der Waals surface area contributed by atoms with Gasteiger partial charge in [-0.3, -0.25) is 4.79 Å². The number of amides is 1. The summed E-state index contributed by atoms with van der Waals surface area (Å²) in [4.78, 5) is 10.7. The van der Waals surface area contributed by atoms with Crippen molar-refractivity contribution in [1.82, 2.24) is 4.31 Å². The van der Waals surface area contributed by atoms with Gasteiger partial charge < -0.3 is 10.5 Å². The van der Waals surface area contributed by atoms with E-state index >= 15 is 0 Å². The Morgan fingerprint density at radius 2 is 2.10 bits per heavy atom. The van der Waals surface area contributed by atoms with Crippen molar-refractivity contribution >= 4 is 15.9 Å². The summed E-state index contributed by atoms with van der Waals surface area (Å²) in [6.07, 6.45) is 0. The third-order valence-corrected chi connectivity index (χ3v) is 4.50. The van der Waals surface area contributed by atoms with Crippen molar-refractivity contribution in [2.75, 3.05) is 26.8 Å². The molecule has 0 aromatic heterocycles. The van der Waals surface area contributed by atoms with E-state index in [1.54, 1.807) is 0 Å². The maximum Gasteiger partial charge on any atom is 0.243 e. The number of methoxy groups -OCH3 is 1. The van der Waals surface area contributed by atoms with Crippen LogP contribution in [0.5, 0.6) is 0 Å². The Kier molecular flexibility index (Phi) is 5.61. The van der Waals surface area contributed by atoms with E-state index in [9.17, 15) is 17.6 Å². The van der Waals surface area contributed by atoms with E-state index in [1.165, 1.54) is 26.2 Å². The molecule has 6 nitrogen and oxygen atoms in total. The first-order valence-corrected chi connectivity index (χ1v) is 7.26. The molecule has 1 rings (SSSR count). The van der Waals surface area contributed by atoms with Crippen molar-refractivity contribution < 1.29 is 22.3 Å². The van der Waals surface area contributed by atoms with Crippen LogP contribution in [0.3, 0.4) is 0 Å². The van der Waals surface area contributed by atoms with E-state index in [4.69, 9.17) is 10.5 Å². The number of halogens is 1. The zero-order valence-electron chi connectivity index (χ0n) is 11.3. The number of nitrogens with zero attached hydrogens (tertiary/aromatic N) is 1. The van der Waals surface area contributed by atoms with Crippen LogP contribution in [-0.2, 0) is 19.6 Å². The third-order valence-electron chi connectivity index (χ3n) is 2.66. The Balaban J connectivity index is 3.13. The third kappa shape index (κ3) is 3.99. The van der Waals surface area contributed by atoms with Crippen molar-refractivity contribution in [2.45, 2.75) is 11.8 Å². The first-order chi connectivity index (χ1) is 9.28. The van der Waals surface area contributed by atoms with Crippen LogP contribution in [0.2, 0.25) is 0 Å². The first-order valence-electron chi connectivity index (χ1n) is 5.82. The summed E-state index contributed by atoms with van der Waals surface area (Å²) in [6.45, 7) is 1.09. The van der Waals surface area contributed by atoms with Crippen LogP contribution in [0, 0.1) is 12.7 Å². The van der Waals surface area contributed by atoms with Crippen LogP contribution < -0.4 is 5.73 Å². The Morgan fingerprint density at radius 1 is 1.45 bits per heavy atom. The molecule has 0 saturated carbocycles. The fourth-order valence-corrected chi connectivity index (χ4v) is 2.94. The predicted octanol–water partition coefficient (Wildman–Crippen LogP) is 0.257. The van der Waals surface area contributed by atoms with Gasteiger partial charge in [-0.1, -0.05) is 6.07 Å². The van der Waals surface area contributed by atoms with Gasteiger partial charge >= 0.3 is 0 Å². The molecular formula is C12H17FN2O4S. The Bertz CT molecular complexity index is 589. The van der Waals surface area contributed by atoms with Gasteiger partial charge in [0.15, 0.2) is 0 Å². The maximum atomic E-state index is 13.5. The van der Waals surface area contributed by atoms with Crippen LogP contribution in [-0.4, -0.2) is 45.4 Å². The monoisotopic (exact) mass is 304 g/mol. The molecule has 0 aliphatic heterocycles. The van der Waals surface area contributed by atoms with Crippen molar-refractivity contribution in [3.63, 3.8) is 0 Å². The number of benzene rings is 1. The molecule has 0 heterocycles. The molecule has 0 atom stereocenters. The minimum absolute atomic E-state index is 0.0444. The molecule has 20 heavy (non-hydrogen) atoms. The lowest BCUT2D eigenvalue weighted by atomic mass is 10.2. The number of ether oxygens (including phenoxy) is 1. The predicted molar refractivity (Wildman–Crippen MR) is 71.0 cm³/mol. The fourth-order valence-electron chi connectivity index (χ4n) is 1.53. The normalized spacial score (nSPS) is 11.8. The van der Waals surface area contributed by atoms with Gasteiger partial charge in [0.25, 0.3) is 0 Å². The molecule has 1 aromatic carbocycles. The lowest BCUT2D eigenvalue weighted by Gasteiger charge is -2.20. The summed E-state index contributed by atoms with van der Waals surface area (Å²) >= 11 is 0. The van der Waals surface area contributed by atoms with Crippen LogP contribution in [0.1, 0.15) is 5.56 Å². The van der Waals surface area contributed by atoms with Gasteiger partial charge in [-0.15, -0.1) is 0 Å². The average Bonchev–Trinajstić information content (AvgIpc) is 2.37. The van der Waals surface area contributed by atoms with Gasteiger partial charge in [-0.2, -0.15) is 4.31 Å². The number of hydrogen-bond donors (Lipinski definition) is 1. The van der Waals surface area contributed by atoms with Gasteiger partial charge in [-0.05, 0) is 24.6 Å².